The first kappa shape index (κ1) is 11.3. The van der Waals surface area contributed by atoms with E-state index >= 15 is 0 Å². The minimum atomic E-state index is -3.06. The summed E-state index contributed by atoms with van der Waals surface area (Å²) in [6.07, 6.45) is 1.61. The van der Waals surface area contributed by atoms with E-state index in [2.05, 4.69) is 5.32 Å². The largest absolute Gasteiger partial charge is 0.396 e. The summed E-state index contributed by atoms with van der Waals surface area (Å²) in [5.74, 6) is 0.0545. The summed E-state index contributed by atoms with van der Waals surface area (Å²) in [5.41, 5.74) is 6.84. The lowest BCUT2D eigenvalue weighted by atomic mass is 10.2. The van der Waals surface area contributed by atoms with Crippen LogP contribution < -0.4 is 11.1 Å². The maximum atomic E-state index is 11.2. The number of nitrogens with two attached hydrogens (primary N) is 1. The molecule has 0 aliphatic carbocycles. The quantitative estimate of drug-likeness (QED) is 0.791. The van der Waals surface area contributed by atoms with E-state index in [9.17, 15) is 8.42 Å². The Kier molecular flexibility index (Phi) is 2.82. The van der Waals surface area contributed by atoms with Crippen LogP contribution in [0.15, 0.2) is 29.7 Å². The van der Waals surface area contributed by atoms with Gasteiger partial charge in [-0.05, 0) is 12.1 Å². The number of nitrogen functional groups attached to an aromatic ring is 1. The number of hydrogen-bond acceptors (Lipinski definition) is 4. The SMILES string of the molecule is Nc1c(Cl)cccc1NC1C=CS(=O)(=O)C1. The summed E-state index contributed by atoms with van der Waals surface area (Å²) in [6, 6.07) is 4.96. The fraction of sp³-hybridized carbons (Fsp3) is 0.200. The minimum absolute atomic E-state index is 0.0545. The highest BCUT2D eigenvalue weighted by atomic mass is 35.5. The van der Waals surface area contributed by atoms with Gasteiger partial charge in [0.25, 0.3) is 0 Å². The Hall–Kier alpha value is -1.20. The maximum absolute atomic E-state index is 11.2. The zero-order chi connectivity index (χ0) is 11.8. The molecule has 6 heteroatoms. The lowest BCUT2D eigenvalue weighted by Crippen LogP contribution is -2.21. The van der Waals surface area contributed by atoms with Crippen molar-refractivity contribution in [3.8, 4) is 0 Å². The van der Waals surface area contributed by atoms with Crippen LogP contribution in [0.5, 0.6) is 0 Å². The Morgan fingerprint density at radius 2 is 2.19 bits per heavy atom. The topological polar surface area (TPSA) is 72.2 Å². The molecule has 2 rings (SSSR count). The number of hydrogen-bond donors (Lipinski definition) is 2. The van der Waals surface area contributed by atoms with Crippen LogP contribution in [0.3, 0.4) is 0 Å². The van der Waals surface area contributed by atoms with Gasteiger partial charge in [-0.1, -0.05) is 23.7 Å². The van der Waals surface area contributed by atoms with Crippen LogP contribution in [0.1, 0.15) is 0 Å². The van der Waals surface area contributed by atoms with Gasteiger partial charge < -0.3 is 11.1 Å². The second-order valence-electron chi connectivity index (χ2n) is 3.61. The molecule has 0 bridgehead atoms. The van der Waals surface area contributed by atoms with Crippen molar-refractivity contribution in [2.75, 3.05) is 16.8 Å². The van der Waals surface area contributed by atoms with Gasteiger partial charge >= 0.3 is 0 Å². The van der Waals surface area contributed by atoms with Gasteiger partial charge in [-0.15, -0.1) is 0 Å². The van der Waals surface area contributed by atoms with Crippen LogP contribution in [-0.2, 0) is 9.84 Å². The van der Waals surface area contributed by atoms with Crippen molar-refractivity contribution in [3.05, 3.63) is 34.7 Å². The zero-order valence-corrected chi connectivity index (χ0v) is 9.92. The Morgan fingerprint density at radius 1 is 1.44 bits per heavy atom. The normalized spacial score (nSPS) is 22.2. The molecule has 1 aromatic rings. The molecule has 16 heavy (non-hydrogen) atoms. The van der Waals surface area contributed by atoms with Crippen molar-refractivity contribution in [2.45, 2.75) is 6.04 Å². The smallest absolute Gasteiger partial charge is 0.173 e. The van der Waals surface area contributed by atoms with Crippen LogP contribution in [0.4, 0.5) is 11.4 Å². The fourth-order valence-electron chi connectivity index (χ4n) is 1.53. The fourth-order valence-corrected chi connectivity index (χ4v) is 2.94. The number of rotatable bonds is 2. The molecule has 0 saturated heterocycles. The van der Waals surface area contributed by atoms with Crippen LogP contribution in [-0.4, -0.2) is 20.2 Å². The highest BCUT2D eigenvalue weighted by Gasteiger charge is 2.21. The second-order valence-corrected chi connectivity index (χ2v) is 5.95. The predicted molar refractivity (Wildman–Crippen MR) is 66.2 cm³/mol. The number of para-hydroxylation sites is 1. The number of nitrogens with one attached hydrogen (secondary N) is 1. The lowest BCUT2D eigenvalue weighted by Gasteiger charge is -2.14. The lowest BCUT2D eigenvalue weighted by molar-refractivity contribution is 0.605. The highest BCUT2D eigenvalue weighted by molar-refractivity contribution is 7.94. The molecular weight excluding hydrogens is 248 g/mol. The van der Waals surface area contributed by atoms with Crippen molar-refractivity contribution in [1.29, 1.82) is 0 Å². The van der Waals surface area contributed by atoms with Gasteiger partial charge in [0.2, 0.25) is 0 Å². The van der Waals surface area contributed by atoms with Crippen LogP contribution >= 0.6 is 11.6 Å². The average molecular weight is 259 g/mol. The molecule has 0 fully saturated rings. The molecule has 0 amide bonds. The zero-order valence-electron chi connectivity index (χ0n) is 8.35. The molecular formula is C10H11ClN2O2S. The molecule has 0 aromatic heterocycles. The van der Waals surface area contributed by atoms with Crippen molar-refractivity contribution >= 4 is 32.8 Å². The summed E-state index contributed by atoms with van der Waals surface area (Å²) >= 11 is 5.85. The van der Waals surface area contributed by atoms with Crippen LogP contribution in [0.25, 0.3) is 0 Å². The maximum Gasteiger partial charge on any atom is 0.173 e. The Balaban J connectivity index is 2.17. The third-order valence-corrected chi connectivity index (χ3v) is 4.05. The molecule has 1 aromatic carbocycles. The molecule has 1 heterocycles. The Morgan fingerprint density at radius 3 is 2.81 bits per heavy atom. The van der Waals surface area contributed by atoms with Crippen molar-refractivity contribution in [2.24, 2.45) is 0 Å². The van der Waals surface area contributed by atoms with E-state index in [-0.39, 0.29) is 11.8 Å². The van der Waals surface area contributed by atoms with Crippen molar-refractivity contribution in [3.63, 3.8) is 0 Å². The van der Waals surface area contributed by atoms with E-state index in [1.807, 2.05) is 0 Å². The Bertz CT molecular complexity index is 540. The van der Waals surface area contributed by atoms with Crippen LogP contribution in [0.2, 0.25) is 5.02 Å². The molecule has 86 valence electrons. The van der Waals surface area contributed by atoms with E-state index in [4.69, 9.17) is 17.3 Å². The molecule has 0 saturated carbocycles. The van der Waals surface area contributed by atoms with Gasteiger partial charge in [-0.3, -0.25) is 0 Å². The van der Waals surface area contributed by atoms with Gasteiger partial charge in [0.1, 0.15) is 0 Å². The molecule has 1 unspecified atom stereocenters. The molecule has 1 aliphatic heterocycles. The monoisotopic (exact) mass is 258 g/mol. The summed E-state index contributed by atoms with van der Waals surface area (Å²) < 4.78 is 22.4. The van der Waals surface area contributed by atoms with Gasteiger partial charge in [0.15, 0.2) is 9.84 Å². The standard InChI is InChI=1S/C10H11ClN2O2S/c11-8-2-1-3-9(10(8)12)13-7-4-5-16(14,15)6-7/h1-5,7,13H,6,12H2. The van der Waals surface area contributed by atoms with E-state index in [1.54, 1.807) is 24.3 Å². The summed E-state index contributed by atoms with van der Waals surface area (Å²) in [6.45, 7) is 0. The third-order valence-electron chi connectivity index (χ3n) is 2.32. The van der Waals surface area contributed by atoms with Gasteiger partial charge in [0.05, 0.1) is 28.2 Å². The van der Waals surface area contributed by atoms with Gasteiger partial charge in [0, 0.05) is 5.41 Å². The second kappa shape index (κ2) is 3.99. The molecule has 1 atom stereocenters. The molecule has 1 aliphatic rings. The summed E-state index contributed by atoms with van der Waals surface area (Å²) in [7, 11) is -3.06. The average Bonchev–Trinajstić information content (AvgIpc) is 2.53. The first-order valence-corrected chi connectivity index (χ1v) is 6.79. The van der Waals surface area contributed by atoms with Gasteiger partial charge in [-0.25, -0.2) is 8.42 Å². The van der Waals surface area contributed by atoms with Gasteiger partial charge in [-0.2, -0.15) is 0 Å². The Labute approximate surface area is 99.0 Å². The van der Waals surface area contributed by atoms with E-state index in [0.29, 0.717) is 16.4 Å². The first-order valence-electron chi connectivity index (χ1n) is 4.69. The number of benzene rings is 1. The predicted octanol–water partition coefficient (Wildman–Crippen LogP) is 1.64. The molecule has 4 nitrogen and oxygen atoms in total. The van der Waals surface area contributed by atoms with Crippen molar-refractivity contribution in [1.82, 2.24) is 0 Å². The highest BCUT2D eigenvalue weighted by Crippen LogP contribution is 2.28. The third kappa shape index (κ3) is 2.31. The first-order chi connectivity index (χ1) is 7.48. The minimum Gasteiger partial charge on any atom is -0.396 e. The van der Waals surface area contributed by atoms with E-state index < -0.39 is 9.84 Å². The molecule has 0 radical (unpaired) electrons. The number of anilines is 2. The number of halogens is 1. The van der Waals surface area contributed by atoms with E-state index in [0.717, 1.165) is 0 Å². The molecule has 0 spiro atoms. The number of sulfone groups is 1. The van der Waals surface area contributed by atoms with E-state index in [1.165, 1.54) is 5.41 Å². The summed E-state index contributed by atoms with van der Waals surface area (Å²) in [4.78, 5) is 0. The van der Waals surface area contributed by atoms with Crippen LogP contribution in [0, 0.1) is 0 Å². The summed E-state index contributed by atoms with van der Waals surface area (Å²) in [5, 5.41) is 4.70. The van der Waals surface area contributed by atoms with Crippen molar-refractivity contribution < 1.29 is 8.42 Å². The molecule has 3 N–H and O–H groups in total.